The van der Waals surface area contributed by atoms with Crippen LogP contribution in [-0.2, 0) is 10.8 Å². The van der Waals surface area contributed by atoms with E-state index in [-0.39, 0.29) is 5.41 Å². The first-order valence-corrected chi connectivity index (χ1v) is 25.1. The second-order valence-corrected chi connectivity index (χ2v) is 20.0. The molecule has 0 atom stereocenters. The summed E-state index contributed by atoms with van der Waals surface area (Å²) in [4.78, 5) is 2.41. The number of para-hydroxylation sites is 1. The Morgan fingerprint density at radius 1 is 0.306 bits per heavy atom. The maximum Gasteiger partial charge on any atom is 0.143 e. The Bertz CT molecular complexity index is 4000. The zero-order chi connectivity index (χ0) is 48.0. The number of fused-ring (bicyclic) bond motifs is 9. The van der Waals surface area contributed by atoms with Gasteiger partial charge in [-0.05, 0) is 144 Å². The van der Waals surface area contributed by atoms with Crippen molar-refractivity contribution in [3.63, 3.8) is 0 Å². The standard InChI is InChI=1S/C70H49NO/c1-69(2)63-27-15-12-24-56(63)58-41-39-55(45-65(58)69)71(53-35-30-47(31-36-53)46-18-6-3-7-19-46)54-37-32-48(33-38-54)50-42-61(68-62(43-50)60-26-14-17-29-67(60)72-68)49-34-40-59-57-25-13-16-28-64(57)70(66(59)44-49,51-20-8-4-9-21-51)52-22-10-5-11-23-52/h3-45H,1-2H3. The highest BCUT2D eigenvalue weighted by molar-refractivity contribution is 6.11. The maximum atomic E-state index is 6.88. The van der Waals surface area contributed by atoms with E-state index in [4.69, 9.17) is 4.42 Å². The fourth-order valence-electron chi connectivity index (χ4n) is 12.3. The lowest BCUT2D eigenvalue weighted by Gasteiger charge is -2.34. The Hall–Kier alpha value is -8.98. The smallest absolute Gasteiger partial charge is 0.143 e. The topological polar surface area (TPSA) is 16.4 Å². The van der Waals surface area contributed by atoms with Gasteiger partial charge in [-0.25, -0.2) is 0 Å². The van der Waals surface area contributed by atoms with Gasteiger partial charge >= 0.3 is 0 Å². The number of rotatable bonds is 8. The Kier molecular flexibility index (Phi) is 9.50. The molecule has 0 N–H and O–H groups in total. The zero-order valence-corrected chi connectivity index (χ0v) is 40.2. The molecule has 0 fully saturated rings. The summed E-state index contributed by atoms with van der Waals surface area (Å²) in [6, 6.07) is 95.9. The van der Waals surface area contributed by atoms with Crippen LogP contribution in [0.3, 0.4) is 0 Å². The van der Waals surface area contributed by atoms with Crippen molar-refractivity contribution in [3.05, 3.63) is 294 Å². The van der Waals surface area contributed by atoms with Gasteiger partial charge in [-0.3, -0.25) is 0 Å². The predicted octanol–water partition coefficient (Wildman–Crippen LogP) is 18.7. The normalized spacial score (nSPS) is 13.6. The van der Waals surface area contributed by atoms with Gasteiger partial charge in [0.25, 0.3) is 0 Å². The van der Waals surface area contributed by atoms with Crippen LogP contribution in [0.15, 0.2) is 265 Å². The van der Waals surface area contributed by atoms with Crippen molar-refractivity contribution in [2.24, 2.45) is 0 Å². The third-order valence-corrected chi connectivity index (χ3v) is 15.8. The van der Waals surface area contributed by atoms with Crippen LogP contribution in [0.4, 0.5) is 17.1 Å². The number of hydrogen-bond acceptors (Lipinski definition) is 2. The van der Waals surface area contributed by atoms with Crippen molar-refractivity contribution in [3.8, 4) is 55.6 Å². The summed E-state index contributed by atoms with van der Waals surface area (Å²) in [5.74, 6) is 0. The highest BCUT2D eigenvalue weighted by atomic mass is 16.3. The fraction of sp³-hybridized carbons (Fsp3) is 0.0571. The lowest BCUT2D eigenvalue weighted by Crippen LogP contribution is -2.28. The molecule has 2 aliphatic carbocycles. The van der Waals surface area contributed by atoms with E-state index in [2.05, 4.69) is 280 Å². The minimum Gasteiger partial charge on any atom is -0.455 e. The molecule has 0 bridgehead atoms. The molecule has 72 heavy (non-hydrogen) atoms. The maximum absolute atomic E-state index is 6.88. The van der Waals surface area contributed by atoms with Crippen LogP contribution in [0.1, 0.15) is 47.2 Å². The summed E-state index contributed by atoms with van der Waals surface area (Å²) in [5.41, 5.74) is 24.2. The van der Waals surface area contributed by atoms with E-state index < -0.39 is 5.41 Å². The van der Waals surface area contributed by atoms with E-state index >= 15 is 0 Å². The molecule has 340 valence electrons. The van der Waals surface area contributed by atoms with Crippen molar-refractivity contribution in [1.29, 1.82) is 0 Å². The molecule has 2 nitrogen and oxygen atoms in total. The van der Waals surface area contributed by atoms with Crippen molar-refractivity contribution < 1.29 is 4.42 Å². The molecule has 11 aromatic carbocycles. The lowest BCUT2D eigenvalue weighted by atomic mass is 9.67. The molecule has 2 heteroatoms. The van der Waals surface area contributed by atoms with Gasteiger partial charge < -0.3 is 9.32 Å². The predicted molar refractivity (Wildman–Crippen MR) is 300 cm³/mol. The summed E-state index contributed by atoms with van der Waals surface area (Å²) in [6.45, 7) is 4.71. The molecule has 0 amide bonds. The van der Waals surface area contributed by atoms with Crippen LogP contribution in [0.2, 0.25) is 0 Å². The molecule has 0 saturated heterocycles. The highest BCUT2D eigenvalue weighted by Crippen LogP contribution is 2.57. The van der Waals surface area contributed by atoms with Crippen LogP contribution in [0.5, 0.6) is 0 Å². The van der Waals surface area contributed by atoms with Gasteiger partial charge in [-0.2, -0.15) is 0 Å². The Balaban J connectivity index is 0.921. The molecule has 0 unspecified atom stereocenters. The summed E-state index contributed by atoms with van der Waals surface area (Å²) >= 11 is 0. The molecule has 1 heterocycles. The molecule has 0 spiro atoms. The van der Waals surface area contributed by atoms with E-state index in [1.165, 1.54) is 66.8 Å². The van der Waals surface area contributed by atoms with Crippen LogP contribution in [-0.4, -0.2) is 0 Å². The molecule has 2 aliphatic rings. The lowest BCUT2D eigenvalue weighted by molar-refractivity contribution is 0.660. The first-order valence-electron chi connectivity index (χ1n) is 25.1. The molecular formula is C70H49NO. The first kappa shape index (κ1) is 41.9. The number of anilines is 3. The van der Waals surface area contributed by atoms with E-state index in [0.29, 0.717) is 0 Å². The molecule has 1 aromatic heterocycles. The molecule has 0 radical (unpaired) electrons. The molecular weight excluding hydrogens is 871 g/mol. The van der Waals surface area contributed by atoms with Gasteiger partial charge in [-0.1, -0.05) is 214 Å². The summed E-state index contributed by atoms with van der Waals surface area (Å²) in [5, 5.41) is 2.21. The second-order valence-electron chi connectivity index (χ2n) is 20.0. The molecule has 0 aliphatic heterocycles. The van der Waals surface area contributed by atoms with Gasteiger partial charge in [-0.15, -0.1) is 0 Å². The monoisotopic (exact) mass is 919 g/mol. The van der Waals surface area contributed by atoms with Crippen LogP contribution < -0.4 is 4.90 Å². The minimum atomic E-state index is -0.517. The average molecular weight is 920 g/mol. The zero-order valence-electron chi connectivity index (χ0n) is 40.2. The highest BCUT2D eigenvalue weighted by Gasteiger charge is 2.46. The van der Waals surface area contributed by atoms with Gasteiger partial charge in [0.2, 0.25) is 0 Å². The number of hydrogen-bond donors (Lipinski definition) is 0. The molecule has 0 saturated carbocycles. The van der Waals surface area contributed by atoms with Gasteiger partial charge in [0.05, 0.1) is 5.41 Å². The van der Waals surface area contributed by atoms with Crippen molar-refractivity contribution in [2.75, 3.05) is 4.90 Å². The van der Waals surface area contributed by atoms with Crippen LogP contribution in [0.25, 0.3) is 77.6 Å². The second kappa shape index (κ2) is 16.3. The Morgan fingerprint density at radius 2 is 0.792 bits per heavy atom. The number of furan rings is 1. The Labute approximate surface area is 420 Å². The molecule has 14 rings (SSSR count). The van der Waals surface area contributed by atoms with Crippen LogP contribution >= 0.6 is 0 Å². The van der Waals surface area contributed by atoms with Gasteiger partial charge in [0.1, 0.15) is 11.2 Å². The van der Waals surface area contributed by atoms with Gasteiger partial charge in [0, 0.05) is 38.8 Å². The van der Waals surface area contributed by atoms with Crippen molar-refractivity contribution in [1.82, 2.24) is 0 Å². The van der Waals surface area contributed by atoms with E-state index in [1.54, 1.807) is 0 Å². The molecule has 12 aromatic rings. The summed E-state index contributed by atoms with van der Waals surface area (Å²) in [6.07, 6.45) is 0. The van der Waals surface area contributed by atoms with E-state index in [0.717, 1.165) is 61.3 Å². The van der Waals surface area contributed by atoms with Gasteiger partial charge in [0.15, 0.2) is 0 Å². The third-order valence-electron chi connectivity index (χ3n) is 15.8. The SMILES string of the molecule is CC1(C)c2ccccc2-c2ccc(N(c3ccc(-c4ccccc4)cc3)c3ccc(-c4cc(-c5ccc6c(c5)C(c5ccccc5)(c5ccccc5)c5ccccc5-6)c5oc6ccccc6c5c4)cc3)cc21. The van der Waals surface area contributed by atoms with E-state index in [1.807, 2.05) is 0 Å². The number of nitrogens with zero attached hydrogens (tertiary/aromatic N) is 1. The quantitative estimate of drug-likeness (QED) is 0.151. The van der Waals surface area contributed by atoms with Crippen LogP contribution in [0, 0.1) is 0 Å². The first-order chi connectivity index (χ1) is 35.4. The summed E-state index contributed by atoms with van der Waals surface area (Å²) in [7, 11) is 0. The Morgan fingerprint density at radius 3 is 1.47 bits per heavy atom. The largest absolute Gasteiger partial charge is 0.455 e. The third kappa shape index (κ3) is 6.35. The minimum absolute atomic E-state index is 0.129. The fourth-order valence-corrected chi connectivity index (χ4v) is 12.3. The van der Waals surface area contributed by atoms with Crippen molar-refractivity contribution >= 4 is 39.0 Å². The number of benzene rings is 11. The average Bonchev–Trinajstić information content (AvgIpc) is 4.05. The van der Waals surface area contributed by atoms with E-state index in [9.17, 15) is 0 Å². The van der Waals surface area contributed by atoms with Crippen molar-refractivity contribution in [2.45, 2.75) is 24.7 Å². The summed E-state index contributed by atoms with van der Waals surface area (Å²) < 4.78 is 6.88.